The summed E-state index contributed by atoms with van der Waals surface area (Å²) in [4.78, 5) is 40.0. The van der Waals surface area contributed by atoms with E-state index in [1.165, 1.54) is 16.2 Å². The van der Waals surface area contributed by atoms with Crippen LogP contribution >= 0.6 is 11.3 Å². The van der Waals surface area contributed by atoms with Gasteiger partial charge >= 0.3 is 5.97 Å². The van der Waals surface area contributed by atoms with E-state index in [4.69, 9.17) is 4.74 Å². The van der Waals surface area contributed by atoms with Crippen LogP contribution in [0, 0.1) is 30.6 Å². The van der Waals surface area contributed by atoms with Gasteiger partial charge in [-0.3, -0.25) is 9.59 Å². The van der Waals surface area contributed by atoms with Crippen LogP contribution in [0.5, 0.6) is 0 Å². The molecule has 0 unspecified atom stereocenters. The normalized spacial score (nSPS) is 31.1. The number of ether oxygens (including phenoxy) is 1. The van der Waals surface area contributed by atoms with Gasteiger partial charge in [-0.25, -0.2) is 9.69 Å². The highest BCUT2D eigenvalue weighted by atomic mass is 32.1. The Labute approximate surface area is 137 Å². The van der Waals surface area contributed by atoms with Gasteiger partial charge in [-0.1, -0.05) is 12.2 Å². The van der Waals surface area contributed by atoms with Crippen LogP contribution in [-0.4, -0.2) is 24.4 Å². The van der Waals surface area contributed by atoms with Crippen LogP contribution in [0.25, 0.3) is 0 Å². The van der Waals surface area contributed by atoms with Gasteiger partial charge in [0.05, 0.1) is 24.0 Å². The Hall–Kier alpha value is -1.95. The number of nitrogens with zero attached hydrogens (tertiary/aromatic N) is 1. The first-order valence-electron chi connectivity index (χ1n) is 7.86. The molecule has 1 aromatic rings. The predicted octanol–water partition coefficient (Wildman–Crippen LogP) is 2.54. The Morgan fingerprint density at radius 1 is 1.26 bits per heavy atom. The Morgan fingerprint density at radius 2 is 1.87 bits per heavy atom. The molecule has 4 atom stereocenters. The lowest BCUT2D eigenvalue weighted by atomic mass is 9.85. The number of hydrogen-bond acceptors (Lipinski definition) is 5. The molecular formula is C17H17NO4S. The molecule has 2 fully saturated rings. The molecule has 6 heteroatoms. The van der Waals surface area contributed by atoms with Crippen LogP contribution in [0.3, 0.4) is 0 Å². The SMILES string of the molecule is CCOC(=O)c1cc(C)sc1N1C(=O)[C@@H]2[C@H](C1=O)[C@H]1C=C[C@@H]2C1. The van der Waals surface area contributed by atoms with Gasteiger partial charge < -0.3 is 4.74 Å². The number of aryl methyl sites for hydroxylation is 1. The summed E-state index contributed by atoms with van der Waals surface area (Å²) in [7, 11) is 0. The van der Waals surface area contributed by atoms with Crippen LogP contribution < -0.4 is 4.90 Å². The Balaban J connectivity index is 1.74. The van der Waals surface area contributed by atoms with Crippen LogP contribution in [-0.2, 0) is 14.3 Å². The molecule has 0 radical (unpaired) electrons. The second kappa shape index (κ2) is 5.03. The fourth-order valence-electron chi connectivity index (χ4n) is 4.13. The average molecular weight is 331 g/mol. The lowest BCUT2D eigenvalue weighted by Gasteiger charge is -2.16. The zero-order valence-corrected chi connectivity index (χ0v) is 13.8. The van der Waals surface area contributed by atoms with Crippen LogP contribution in [0.4, 0.5) is 5.00 Å². The largest absolute Gasteiger partial charge is 0.462 e. The van der Waals surface area contributed by atoms with E-state index in [1.54, 1.807) is 13.0 Å². The molecule has 1 aromatic heterocycles. The minimum Gasteiger partial charge on any atom is -0.462 e. The van der Waals surface area contributed by atoms with Gasteiger partial charge in [0.2, 0.25) is 11.8 Å². The second-order valence-electron chi connectivity index (χ2n) is 6.31. The third kappa shape index (κ3) is 1.94. The number of anilines is 1. The summed E-state index contributed by atoms with van der Waals surface area (Å²) >= 11 is 1.30. The highest BCUT2D eigenvalue weighted by Gasteiger charge is 2.60. The molecule has 23 heavy (non-hydrogen) atoms. The smallest absolute Gasteiger partial charge is 0.341 e. The molecule has 5 nitrogen and oxygen atoms in total. The number of imide groups is 1. The molecule has 2 heterocycles. The van der Waals surface area contributed by atoms with Crippen molar-refractivity contribution in [1.82, 2.24) is 0 Å². The lowest BCUT2D eigenvalue weighted by molar-refractivity contribution is -0.123. The molecule has 0 spiro atoms. The van der Waals surface area contributed by atoms with E-state index in [2.05, 4.69) is 12.2 Å². The molecule has 2 bridgehead atoms. The first-order chi connectivity index (χ1) is 11.0. The van der Waals surface area contributed by atoms with Crippen molar-refractivity contribution >= 4 is 34.1 Å². The molecule has 3 aliphatic rings. The maximum absolute atomic E-state index is 12.9. The number of allylic oxidation sites excluding steroid dienone is 2. The Morgan fingerprint density at radius 3 is 2.43 bits per heavy atom. The van der Waals surface area contributed by atoms with E-state index < -0.39 is 5.97 Å². The topological polar surface area (TPSA) is 63.7 Å². The number of thiophene rings is 1. The summed E-state index contributed by atoms with van der Waals surface area (Å²) in [5.41, 5.74) is 0.316. The first kappa shape index (κ1) is 14.6. The number of hydrogen-bond donors (Lipinski definition) is 0. The number of amides is 2. The van der Waals surface area contributed by atoms with Gasteiger partial charge in [0.15, 0.2) is 0 Å². The third-order valence-corrected chi connectivity index (χ3v) is 6.04. The highest BCUT2D eigenvalue weighted by molar-refractivity contribution is 7.17. The zero-order valence-electron chi connectivity index (χ0n) is 12.9. The fourth-order valence-corrected chi connectivity index (χ4v) is 5.13. The molecule has 2 amide bonds. The molecule has 4 rings (SSSR count). The predicted molar refractivity (Wildman–Crippen MR) is 85.2 cm³/mol. The summed E-state index contributed by atoms with van der Waals surface area (Å²) in [6.45, 7) is 3.85. The summed E-state index contributed by atoms with van der Waals surface area (Å²) < 4.78 is 5.07. The van der Waals surface area contributed by atoms with E-state index in [1.807, 2.05) is 6.92 Å². The first-order valence-corrected chi connectivity index (χ1v) is 8.68. The van der Waals surface area contributed by atoms with E-state index in [9.17, 15) is 14.4 Å². The maximum Gasteiger partial charge on any atom is 0.341 e. The van der Waals surface area contributed by atoms with E-state index >= 15 is 0 Å². The average Bonchev–Trinajstić information content (AvgIpc) is 3.23. The van der Waals surface area contributed by atoms with Crippen molar-refractivity contribution in [3.05, 3.63) is 28.7 Å². The number of esters is 1. The van der Waals surface area contributed by atoms with Crippen molar-refractivity contribution in [2.24, 2.45) is 23.7 Å². The number of fused-ring (bicyclic) bond motifs is 5. The van der Waals surface area contributed by atoms with Crippen LogP contribution in [0.15, 0.2) is 18.2 Å². The van der Waals surface area contributed by atoms with Crippen LogP contribution in [0.2, 0.25) is 0 Å². The summed E-state index contributed by atoms with van der Waals surface area (Å²) in [5.74, 6) is -0.985. The summed E-state index contributed by atoms with van der Waals surface area (Å²) in [5, 5.41) is 0.421. The Bertz CT molecular complexity index is 720. The van der Waals surface area contributed by atoms with E-state index in [0.717, 1.165) is 11.3 Å². The van der Waals surface area contributed by atoms with Crippen molar-refractivity contribution < 1.29 is 19.1 Å². The van der Waals surface area contributed by atoms with Crippen molar-refractivity contribution in [2.45, 2.75) is 20.3 Å². The monoisotopic (exact) mass is 331 g/mol. The van der Waals surface area contributed by atoms with Gasteiger partial charge in [0, 0.05) is 4.88 Å². The van der Waals surface area contributed by atoms with Crippen molar-refractivity contribution in [2.75, 3.05) is 11.5 Å². The summed E-state index contributed by atoms with van der Waals surface area (Å²) in [6.07, 6.45) is 5.02. The molecule has 2 aliphatic carbocycles. The second-order valence-corrected chi connectivity index (χ2v) is 7.54. The molecule has 1 aliphatic heterocycles. The van der Waals surface area contributed by atoms with Crippen molar-refractivity contribution in [3.8, 4) is 0 Å². The van der Waals surface area contributed by atoms with E-state index in [0.29, 0.717) is 10.6 Å². The Kier molecular flexibility index (Phi) is 3.20. The van der Waals surface area contributed by atoms with Crippen molar-refractivity contribution in [1.29, 1.82) is 0 Å². The molecule has 0 N–H and O–H groups in total. The molecule has 120 valence electrons. The van der Waals surface area contributed by atoms with Crippen LogP contribution in [0.1, 0.15) is 28.6 Å². The zero-order chi connectivity index (χ0) is 16.3. The molecule has 0 aromatic carbocycles. The quantitative estimate of drug-likeness (QED) is 0.485. The minimum atomic E-state index is -0.481. The highest BCUT2D eigenvalue weighted by Crippen LogP contribution is 2.54. The maximum atomic E-state index is 12.9. The molecule has 1 saturated heterocycles. The van der Waals surface area contributed by atoms with Gasteiger partial charge in [-0.2, -0.15) is 0 Å². The molecule has 1 saturated carbocycles. The summed E-state index contributed by atoms with van der Waals surface area (Å²) in [6, 6.07) is 1.69. The van der Waals surface area contributed by atoms with Gasteiger partial charge in [-0.15, -0.1) is 11.3 Å². The van der Waals surface area contributed by atoms with Gasteiger partial charge in [-0.05, 0) is 38.2 Å². The third-order valence-electron chi connectivity index (χ3n) is 5.00. The fraction of sp³-hybridized carbons (Fsp3) is 0.471. The van der Waals surface area contributed by atoms with Gasteiger partial charge in [0.25, 0.3) is 0 Å². The molecular weight excluding hydrogens is 314 g/mol. The number of carbonyl (C=O) groups is 3. The number of rotatable bonds is 3. The minimum absolute atomic E-state index is 0.163. The number of carbonyl (C=O) groups excluding carboxylic acids is 3. The standard InChI is InChI=1S/C17H17NO4S/c1-3-22-17(21)11-6-8(2)23-16(11)18-14(19)12-9-4-5-10(7-9)13(12)15(18)20/h4-6,9-10,12-13H,3,7H2,1-2H3/t9-,10+,12+,13-. The van der Waals surface area contributed by atoms with Gasteiger partial charge in [0.1, 0.15) is 5.00 Å². The lowest BCUT2D eigenvalue weighted by Crippen LogP contribution is -2.33. The van der Waals surface area contributed by atoms with Crippen molar-refractivity contribution in [3.63, 3.8) is 0 Å². The van der Waals surface area contributed by atoms with E-state index in [-0.39, 0.29) is 42.1 Å².